The predicted molar refractivity (Wildman–Crippen MR) is 130 cm³/mol. The molecular weight excluding hydrogens is 458 g/mol. The molecule has 0 atom stereocenters. The fourth-order valence-corrected chi connectivity index (χ4v) is 5.13. The standard InChI is InChI=1S/C24H31N3O6S/c1-16(2)15-33-24(29)26-20-10-6-9-19(14-20)25-23(28)17-11-12-21(32-3)22(13-17)34(30,31)27-18-7-4-5-8-18/h6,9-14,16,18,27H,4-5,7-8,15H2,1-3H3,(H,25,28)(H,26,29). The van der Waals surface area contributed by atoms with Crippen LogP contribution in [0.25, 0.3) is 0 Å². The summed E-state index contributed by atoms with van der Waals surface area (Å²) in [4.78, 5) is 24.7. The van der Waals surface area contributed by atoms with Crippen LogP contribution in [0.5, 0.6) is 5.75 Å². The highest BCUT2D eigenvalue weighted by atomic mass is 32.2. The van der Waals surface area contributed by atoms with Gasteiger partial charge in [-0.1, -0.05) is 32.8 Å². The quantitative estimate of drug-likeness (QED) is 0.481. The van der Waals surface area contributed by atoms with E-state index in [1.54, 1.807) is 24.3 Å². The molecule has 0 unspecified atom stereocenters. The Morgan fingerprint density at radius 1 is 1.03 bits per heavy atom. The Labute approximate surface area is 200 Å². The third-order valence-corrected chi connectivity index (χ3v) is 6.85. The van der Waals surface area contributed by atoms with Gasteiger partial charge < -0.3 is 14.8 Å². The zero-order valence-corrected chi connectivity index (χ0v) is 20.4. The lowest BCUT2D eigenvalue weighted by molar-refractivity contribution is 0.102. The first-order chi connectivity index (χ1) is 16.2. The molecule has 0 aliphatic heterocycles. The van der Waals surface area contributed by atoms with Gasteiger partial charge in [-0.05, 0) is 55.2 Å². The smallest absolute Gasteiger partial charge is 0.411 e. The van der Waals surface area contributed by atoms with Crippen LogP contribution in [0.15, 0.2) is 47.4 Å². The lowest BCUT2D eigenvalue weighted by Crippen LogP contribution is -2.33. The molecule has 0 radical (unpaired) electrons. The van der Waals surface area contributed by atoms with Gasteiger partial charge in [0.05, 0.1) is 13.7 Å². The predicted octanol–water partition coefficient (Wildman–Crippen LogP) is 4.37. The molecular formula is C24H31N3O6S. The molecule has 1 aliphatic carbocycles. The Bertz CT molecular complexity index is 1130. The minimum Gasteiger partial charge on any atom is -0.495 e. The van der Waals surface area contributed by atoms with Gasteiger partial charge in [0.25, 0.3) is 5.91 Å². The summed E-state index contributed by atoms with van der Waals surface area (Å²) >= 11 is 0. The summed E-state index contributed by atoms with van der Waals surface area (Å²) in [5.41, 5.74) is 1.03. The summed E-state index contributed by atoms with van der Waals surface area (Å²) in [6.45, 7) is 4.16. The largest absolute Gasteiger partial charge is 0.495 e. The van der Waals surface area contributed by atoms with Crippen LogP contribution in [0.1, 0.15) is 49.9 Å². The highest BCUT2D eigenvalue weighted by molar-refractivity contribution is 7.89. The molecule has 1 saturated carbocycles. The van der Waals surface area contributed by atoms with Gasteiger partial charge in [-0.15, -0.1) is 0 Å². The zero-order chi connectivity index (χ0) is 24.7. The molecule has 1 aliphatic rings. The summed E-state index contributed by atoms with van der Waals surface area (Å²) < 4.78 is 39.0. The number of rotatable bonds is 9. The molecule has 0 spiro atoms. The SMILES string of the molecule is COc1ccc(C(=O)Nc2cccc(NC(=O)OCC(C)C)c2)cc1S(=O)(=O)NC1CCCC1. The van der Waals surface area contributed by atoms with Crippen molar-refractivity contribution in [2.45, 2.75) is 50.5 Å². The number of nitrogens with one attached hydrogen (secondary N) is 3. The maximum Gasteiger partial charge on any atom is 0.411 e. The highest BCUT2D eigenvalue weighted by Crippen LogP contribution is 2.28. The van der Waals surface area contributed by atoms with Crippen LogP contribution < -0.4 is 20.1 Å². The molecule has 0 bridgehead atoms. The topological polar surface area (TPSA) is 123 Å². The number of carbonyl (C=O) groups is 2. The summed E-state index contributed by atoms with van der Waals surface area (Å²) in [6, 6.07) is 10.7. The molecule has 2 aromatic rings. The average Bonchev–Trinajstić information content (AvgIpc) is 3.29. The number of sulfonamides is 1. The van der Waals surface area contributed by atoms with E-state index in [9.17, 15) is 18.0 Å². The number of ether oxygens (including phenoxy) is 2. The van der Waals surface area contributed by atoms with Gasteiger partial charge in [0.1, 0.15) is 10.6 Å². The Hall–Kier alpha value is -3.11. The zero-order valence-electron chi connectivity index (χ0n) is 19.6. The minimum absolute atomic E-state index is 0.0853. The van der Waals surface area contributed by atoms with Crippen molar-refractivity contribution < 1.29 is 27.5 Å². The molecule has 3 rings (SSSR count). The lowest BCUT2D eigenvalue weighted by Gasteiger charge is -2.16. The van der Waals surface area contributed by atoms with Gasteiger partial charge in [0.15, 0.2) is 0 Å². The highest BCUT2D eigenvalue weighted by Gasteiger charge is 2.26. The Balaban J connectivity index is 1.74. The number of hydrogen-bond donors (Lipinski definition) is 3. The van der Waals surface area contributed by atoms with E-state index in [2.05, 4.69) is 15.4 Å². The van der Waals surface area contributed by atoms with Crippen molar-refractivity contribution in [2.75, 3.05) is 24.4 Å². The van der Waals surface area contributed by atoms with Gasteiger partial charge in [0, 0.05) is 23.0 Å². The second-order valence-corrected chi connectivity index (χ2v) is 10.3. The van der Waals surface area contributed by atoms with E-state index in [0.29, 0.717) is 18.0 Å². The maximum absolute atomic E-state index is 13.0. The number of hydrogen-bond acceptors (Lipinski definition) is 6. The van der Waals surface area contributed by atoms with Crippen molar-refractivity contribution in [2.24, 2.45) is 5.92 Å². The molecule has 1 fully saturated rings. The Kier molecular flexibility index (Phi) is 8.51. The number of anilines is 2. The maximum atomic E-state index is 13.0. The van der Waals surface area contributed by atoms with Gasteiger partial charge >= 0.3 is 6.09 Å². The fraction of sp³-hybridized carbons (Fsp3) is 0.417. The van der Waals surface area contributed by atoms with Crippen LogP contribution in [-0.4, -0.2) is 40.2 Å². The molecule has 2 aromatic carbocycles. The van der Waals surface area contributed by atoms with Gasteiger partial charge in [-0.3, -0.25) is 10.1 Å². The molecule has 9 nitrogen and oxygen atoms in total. The number of carbonyl (C=O) groups excluding carboxylic acids is 2. The molecule has 184 valence electrons. The molecule has 0 aromatic heterocycles. The second-order valence-electron chi connectivity index (χ2n) is 8.62. The van der Waals surface area contributed by atoms with E-state index in [4.69, 9.17) is 9.47 Å². The minimum atomic E-state index is -3.86. The third kappa shape index (κ3) is 6.94. The van der Waals surface area contributed by atoms with Crippen LogP contribution >= 0.6 is 0 Å². The van der Waals surface area contributed by atoms with E-state index in [1.807, 2.05) is 13.8 Å². The van der Waals surface area contributed by atoms with Gasteiger partial charge in [-0.25, -0.2) is 17.9 Å². The first-order valence-corrected chi connectivity index (χ1v) is 12.7. The summed E-state index contributed by atoms with van der Waals surface area (Å²) in [7, 11) is -2.48. The molecule has 10 heteroatoms. The Morgan fingerprint density at radius 2 is 1.71 bits per heavy atom. The first-order valence-electron chi connectivity index (χ1n) is 11.2. The first kappa shape index (κ1) is 25.5. The average molecular weight is 490 g/mol. The summed E-state index contributed by atoms with van der Waals surface area (Å²) in [5, 5.41) is 5.34. The molecule has 0 heterocycles. The van der Waals surface area contributed by atoms with Crippen molar-refractivity contribution in [1.82, 2.24) is 4.72 Å². The van der Waals surface area contributed by atoms with E-state index in [0.717, 1.165) is 25.7 Å². The van der Waals surface area contributed by atoms with Crippen molar-refractivity contribution in [3.05, 3.63) is 48.0 Å². The van der Waals surface area contributed by atoms with Gasteiger partial charge in [0.2, 0.25) is 10.0 Å². The third-order valence-electron chi connectivity index (χ3n) is 5.31. The van der Waals surface area contributed by atoms with E-state index in [1.165, 1.54) is 25.3 Å². The van der Waals surface area contributed by atoms with Crippen molar-refractivity contribution in [3.63, 3.8) is 0 Å². The monoisotopic (exact) mass is 489 g/mol. The second kappa shape index (κ2) is 11.3. The summed E-state index contributed by atoms with van der Waals surface area (Å²) in [5.74, 6) is -0.129. The van der Waals surface area contributed by atoms with Gasteiger partial charge in [-0.2, -0.15) is 0 Å². The number of benzene rings is 2. The normalized spacial score (nSPS) is 14.1. The summed E-state index contributed by atoms with van der Waals surface area (Å²) in [6.07, 6.45) is 2.96. The Morgan fingerprint density at radius 3 is 2.35 bits per heavy atom. The van der Waals surface area contributed by atoms with Crippen molar-refractivity contribution in [3.8, 4) is 5.75 Å². The lowest BCUT2D eigenvalue weighted by atomic mass is 10.2. The number of amides is 2. The van der Waals surface area contributed by atoms with Crippen molar-refractivity contribution in [1.29, 1.82) is 0 Å². The molecule has 3 N–H and O–H groups in total. The van der Waals surface area contributed by atoms with Crippen LogP contribution in [0.3, 0.4) is 0 Å². The van der Waals surface area contributed by atoms with Crippen LogP contribution in [0.4, 0.5) is 16.2 Å². The molecule has 34 heavy (non-hydrogen) atoms. The van der Waals surface area contributed by atoms with Crippen molar-refractivity contribution >= 4 is 33.4 Å². The van der Waals surface area contributed by atoms with E-state index < -0.39 is 22.0 Å². The molecule has 0 saturated heterocycles. The van der Waals surface area contributed by atoms with Crippen LogP contribution in [0, 0.1) is 5.92 Å². The van der Waals surface area contributed by atoms with Crippen LogP contribution in [0.2, 0.25) is 0 Å². The molecule has 2 amide bonds. The van der Waals surface area contributed by atoms with Crippen LogP contribution in [-0.2, 0) is 14.8 Å². The number of methoxy groups -OCH3 is 1. The fourth-order valence-electron chi connectivity index (χ4n) is 3.63. The van der Waals surface area contributed by atoms with E-state index in [-0.39, 0.29) is 28.2 Å². The van der Waals surface area contributed by atoms with E-state index >= 15 is 0 Å².